The fourth-order valence-electron chi connectivity index (χ4n) is 2.75. The van der Waals surface area contributed by atoms with Crippen molar-refractivity contribution in [2.24, 2.45) is 0 Å². The Kier molecular flexibility index (Phi) is 7.76. The minimum Gasteiger partial charge on any atom is -0.494 e. The quantitative estimate of drug-likeness (QED) is 0.279. The highest BCUT2D eigenvalue weighted by Gasteiger charge is 2.15. The van der Waals surface area contributed by atoms with E-state index in [1.54, 1.807) is 0 Å². The summed E-state index contributed by atoms with van der Waals surface area (Å²) in [6.07, 6.45) is 1.31. The zero-order chi connectivity index (χ0) is 22.1. The number of nitrogens with zero attached hydrogens (tertiary/aromatic N) is 3. The molecule has 0 aliphatic rings. The number of benzene rings is 2. The van der Waals surface area contributed by atoms with Crippen LogP contribution in [0.15, 0.2) is 54.2 Å². The van der Waals surface area contributed by atoms with Crippen LogP contribution in [-0.2, 0) is 4.79 Å². The van der Waals surface area contributed by atoms with Crippen LogP contribution in [0.5, 0.6) is 5.75 Å². The maximum absolute atomic E-state index is 12.4. The van der Waals surface area contributed by atoms with Gasteiger partial charge in [0, 0.05) is 36.7 Å². The zero-order valence-corrected chi connectivity index (χ0v) is 17.0. The topological polar surface area (TPSA) is 121 Å². The number of ether oxygens (including phenoxy) is 1. The SMILES string of the molecule is CCN(CC)c1ccc(N/C=C(/C#N)C(=O)Nc2ccc([N+](=O)[O-])cc2OC)cc1. The number of non-ortho nitro benzene ring substituents is 1. The lowest BCUT2D eigenvalue weighted by atomic mass is 10.2. The van der Waals surface area contributed by atoms with Crippen molar-refractivity contribution in [1.29, 1.82) is 5.26 Å². The predicted molar refractivity (Wildman–Crippen MR) is 116 cm³/mol. The molecule has 9 heteroatoms. The highest BCUT2D eigenvalue weighted by atomic mass is 16.6. The summed E-state index contributed by atoms with van der Waals surface area (Å²) in [6.45, 7) is 5.95. The monoisotopic (exact) mass is 409 g/mol. The van der Waals surface area contributed by atoms with E-state index in [2.05, 4.69) is 29.4 Å². The van der Waals surface area contributed by atoms with Crippen LogP contribution in [0.25, 0.3) is 0 Å². The Morgan fingerprint density at radius 2 is 1.90 bits per heavy atom. The van der Waals surface area contributed by atoms with E-state index in [9.17, 15) is 20.2 Å². The highest BCUT2D eigenvalue weighted by Crippen LogP contribution is 2.29. The van der Waals surface area contributed by atoms with Gasteiger partial charge in [-0.2, -0.15) is 5.26 Å². The van der Waals surface area contributed by atoms with Crippen LogP contribution in [0, 0.1) is 21.4 Å². The molecule has 2 aromatic carbocycles. The fraction of sp³-hybridized carbons (Fsp3) is 0.238. The lowest BCUT2D eigenvalue weighted by Crippen LogP contribution is -2.21. The molecule has 30 heavy (non-hydrogen) atoms. The number of methoxy groups -OCH3 is 1. The number of anilines is 3. The summed E-state index contributed by atoms with van der Waals surface area (Å²) in [7, 11) is 1.33. The van der Waals surface area contributed by atoms with Crippen molar-refractivity contribution in [3.05, 3.63) is 64.4 Å². The summed E-state index contributed by atoms with van der Waals surface area (Å²) >= 11 is 0. The van der Waals surface area contributed by atoms with Crippen molar-refractivity contribution in [3.8, 4) is 11.8 Å². The first-order valence-corrected chi connectivity index (χ1v) is 9.29. The molecule has 0 spiro atoms. The molecule has 0 aliphatic heterocycles. The van der Waals surface area contributed by atoms with Crippen molar-refractivity contribution in [2.75, 3.05) is 35.7 Å². The van der Waals surface area contributed by atoms with Gasteiger partial charge in [0.2, 0.25) is 0 Å². The number of hydrogen-bond acceptors (Lipinski definition) is 7. The molecule has 2 N–H and O–H groups in total. The van der Waals surface area contributed by atoms with Gasteiger partial charge >= 0.3 is 0 Å². The molecule has 1 amide bonds. The van der Waals surface area contributed by atoms with Gasteiger partial charge in [-0.05, 0) is 44.2 Å². The lowest BCUT2D eigenvalue weighted by Gasteiger charge is -2.21. The number of nitriles is 1. The molecule has 0 unspecified atom stereocenters. The number of rotatable bonds is 9. The third kappa shape index (κ3) is 5.48. The van der Waals surface area contributed by atoms with Crippen LogP contribution < -0.4 is 20.3 Å². The van der Waals surface area contributed by atoms with E-state index < -0.39 is 10.8 Å². The van der Waals surface area contributed by atoms with E-state index in [0.29, 0.717) is 0 Å². The molecule has 0 aromatic heterocycles. The van der Waals surface area contributed by atoms with E-state index in [0.717, 1.165) is 24.5 Å². The molecule has 2 aromatic rings. The van der Waals surface area contributed by atoms with Crippen LogP contribution in [0.3, 0.4) is 0 Å². The summed E-state index contributed by atoms with van der Waals surface area (Å²) in [5, 5.41) is 25.7. The molecule has 0 atom stereocenters. The Balaban J connectivity index is 2.12. The number of hydrogen-bond donors (Lipinski definition) is 2. The van der Waals surface area contributed by atoms with Crippen molar-refractivity contribution >= 4 is 28.7 Å². The largest absolute Gasteiger partial charge is 0.494 e. The number of carbonyl (C=O) groups is 1. The Labute approximate surface area is 174 Å². The van der Waals surface area contributed by atoms with E-state index in [4.69, 9.17) is 4.74 Å². The van der Waals surface area contributed by atoms with Gasteiger partial charge in [0.1, 0.15) is 17.4 Å². The normalized spacial score (nSPS) is 10.7. The second-order valence-electron chi connectivity index (χ2n) is 6.13. The van der Waals surface area contributed by atoms with Gasteiger partial charge in [-0.1, -0.05) is 0 Å². The lowest BCUT2D eigenvalue weighted by molar-refractivity contribution is -0.384. The Morgan fingerprint density at radius 1 is 1.23 bits per heavy atom. The van der Waals surface area contributed by atoms with Gasteiger partial charge < -0.3 is 20.3 Å². The van der Waals surface area contributed by atoms with Gasteiger partial charge in [0.05, 0.1) is 23.8 Å². The maximum Gasteiger partial charge on any atom is 0.273 e. The number of nitro benzene ring substituents is 1. The highest BCUT2D eigenvalue weighted by molar-refractivity contribution is 6.07. The third-order valence-electron chi connectivity index (χ3n) is 4.39. The molecule has 0 aliphatic carbocycles. The second-order valence-corrected chi connectivity index (χ2v) is 6.13. The number of amides is 1. The molecule has 2 rings (SSSR count). The van der Waals surface area contributed by atoms with Crippen LogP contribution in [0.1, 0.15) is 13.8 Å². The van der Waals surface area contributed by atoms with Gasteiger partial charge in [0.15, 0.2) is 0 Å². The van der Waals surface area contributed by atoms with E-state index in [1.165, 1.54) is 31.5 Å². The smallest absolute Gasteiger partial charge is 0.273 e. The van der Waals surface area contributed by atoms with Crippen molar-refractivity contribution in [2.45, 2.75) is 13.8 Å². The Morgan fingerprint density at radius 3 is 2.43 bits per heavy atom. The molecule has 9 nitrogen and oxygen atoms in total. The fourth-order valence-corrected chi connectivity index (χ4v) is 2.75. The number of nitrogens with one attached hydrogen (secondary N) is 2. The minimum absolute atomic E-state index is 0.120. The summed E-state index contributed by atoms with van der Waals surface area (Å²) < 4.78 is 5.09. The summed E-state index contributed by atoms with van der Waals surface area (Å²) in [6, 6.07) is 13.2. The van der Waals surface area contributed by atoms with Crippen molar-refractivity contribution in [1.82, 2.24) is 0 Å². The van der Waals surface area contributed by atoms with Crippen LogP contribution in [0.4, 0.5) is 22.7 Å². The third-order valence-corrected chi connectivity index (χ3v) is 4.39. The van der Waals surface area contributed by atoms with E-state index in [-0.39, 0.29) is 22.7 Å². The minimum atomic E-state index is -0.670. The average molecular weight is 409 g/mol. The van der Waals surface area contributed by atoms with Crippen LogP contribution >= 0.6 is 0 Å². The van der Waals surface area contributed by atoms with Crippen LogP contribution in [0.2, 0.25) is 0 Å². The first-order chi connectivity index (χ1) is 14.4. The molecular formula is C21H23N5O4. The van der Waals surface area contributed by atoms with Crippen LogP contribution in [-0.4, -0.2) is 31.0 Å². The number of carbonyl (C=O) groups excluding carboxylic acids is 1. The maximum atomic E-state index is 12.4. The summed E-state index contributed by atoms with van der Waals surface area (Å²) in [5.41, 5.74) is 1.69. The first kappa shape index (κ1) is 22.2. The second kappa shape index (κ2) is 10.5. The van der Waals surface area contributed by atoms with Gasteiger partial charge in [-0.25, -0.2) is 0 Å². The van der Waals surface area contributed by atoms with E-state index >= 15 is 0 Å². The summed E-state index contributed by atoms with van der Waals surface area (Å²) in [5.74, 6) is -0.549. The standard InChI is InChI=1S/C21H23N5O4/c1-4-25(5-2)17-8-6-16(7-9-17)23-14-15(13-22)21(27)24-19-11-10-18(26(28)29)12-20(19)30-3/h6-12,14,23H,4-5H2,1-3H3,(H,24,27)/b15-14-. The molecule has 0 fully saturated rings. The molecule has 0 bridgehead atoms. The van der Waals surface area contributed by atoms with Crippen molar-refractivity contribution < 1.29 is 14.5 Å². The molecule has 156 valence electrons. The van der Waals surface area contributed by atoms with Gasteiger partial charge in [0.25, 0.3) is 11.6 Å². The molecule has 0 saturated heterocycles. The molecular weight excluding hydrogens is 386 g/mol. The van der Waals surface area contributed by atoms with Crippen molar-refractivity contribution in [3.63, 3.8) is 0 Å². The first-order valence-electron chi connectivity index (χ1n) is 9.29. The molecule has 0 saturated carbocycles. The Bertz CT molecular complexity index is 976. The molecule has 0 heterocycles. The average Bonchev–Trinajstić information content (AvgIpc) is 2.76. The van der Waals surface area contributed by atoms with Gasteiger partial charge in [-0.3, -0.25) is 14.9 Å². The van der Waals surface area contributed by atoms with Gasteiger partial charge in [-0.15, -0.1) is 0 Å². The Hall–Kier alpha value is -4.06. The number of nitro groups is 1. The zero-order valence-electron chi connectivity index (χ0n) is 17.0. The van der Waals surface area contributed by atoms with E-state index in [1.807, 2.05) is 30.3 Å². The predicted octanol–water partition coefficient (Wildman–Crippen LogP) is 3.91. The molecule has 0 radical (unpaired) electrons. The summed E-state index contributed by atoms with van der Waals surface area (Å²) in [4.78, 5) is 24.9.